The lowest BCUT2D eigenvalue weighted by Gasteiger charge is -2.00. The summed E-state index contributed by atoms with van der Waals surface area (Å²) in [6.45, 7) is 0. The number of ether oxygens (including phenoxy) is 1. The number of H-pyrrole nitrogens is 1. The Morgan fingerprint density at radius 2 is 2.14 bits per heavy atom. The molecule has 21 heavy (non-hydrogen) atoms. The molecule has 0 spiro atoms. The molecule has 2 aromatic carbocycles. The van der Waals surface area contributed by atoms with Crippen LogP contribution in [0.4, 0.5) is 4.39 Å². The number of halogens is 2. The van der Waals surface area contributed by atoms with E-state index in [0.29, 0.717) is 28.0 Å². The molecule has 106 valence electrons. The van der Waals surface area contributed by atoms with Crippen LogP contribution in [-0.2, 0) is 4.74 Å². The number of carbonyl (C=O) groups excluding carboxylic acids is 1. The molecule has 0 aliphatic heterocycles. The highest BCUT2D eigenvalue weighted by Gasteiger charge is 2.15. The number of aromatic amines is 1. The molecular formula is C15H10ClFN2O2. The molecule has 1 aromatic heterocycles. The van der Waals surface area contributed by atoms with Crippen LogP contribution in [0.15, 0.2) is 36.4 Å². The van der Waals surface area contributed by atoms with Gasteiger partial charge < -0.3 is 9.72 Å². The summed E-state index contributed by atoms with van der Waals surface area (Å²) in [7, 11) is 1.31. The Labute approximate surface area is 124 Å². The molecule has 0 saturated heterocycles. The topological polar surface area (TPSA) is 55.0 Å². The van der Waals surface area contributed by atoms with Crippen LogP contribution in [0, 0.1) is 5.82 Å². The average Bonchev–Trinajstić information content (AvgIpc) is 2.89. The van der Waals surface area contributed by atoms with E-state index in [-0.39, 0.29) is 5.02 Å². The first kappa shape index (κ1) is 13.6. The van der Waals surface area contributed by atoms with Gasteiger partial charge in [-0.15, -0.1) is 0 Å². The van der Waals surface area contributed by atoms with Crippen LogP contribution in [0.3, 0.4) is 0 Å². The maximum Gasteiger partial charge on any atom is 0.340 e. The number of hydrogen-bond donors (Lipinski definition) is 1. The van der Waals surface area contributed by atoms with Crippen molar-refractivity contribution in [2.24, 2.45) is 0 Å². The fourth-order valence-electron chi connectivity index (χ4n) is 2.12. The molecule has 3 aromatic rings. The summed E-state index contributed by atoms with van der Waals surface area (Å²) in [4.78, 5) is 19.2. The lowest BCUT2D eigenvalue weighted by Crippen LogP contribution is -2.01. The van der Waals surface area contributed by atoms with Crippen molar-refractivity contribution < 1.29 is 13.9 Å². The van der Waals surface area contributed by atoms with Crippen molar-refractivity contribution in [2.45, 2.75) is 0 Å². The zero-order valence-electron chi connectivity index (χ0n) is 11.0. The van der Waals surface area contributed by atoms with Crippen molar-refractivity contribution in [1.82, 2.24) is 9.97 Å². The maximum atomic E-state index is 13.1. The fourth-order valence-corrected chi connectivity index (χ4v) is 2.37. The zero-order chi connectivity index (χ0) is 15.0. The summed E-state index contributed by atoms with van der Waals surface area (Å²) >= 11 is 6.03. The standard InChI is InChI=1S/C15H10ClFN2O2/c1-21-15(20)10-3-2-4-12-13(10)19-14(18-12)9-6-5-8(17)7-11(9)16/h2-7H,1H3,(H,18,19). The van der Waals surface area contributed by atoms with E-state index in [2.05, 4.69) is 9.97 Å². The Hall–Kier alpha value is -2.40. The highest BCUT2D eigenvalue weighted by molar-refractivity contribution is 6.33. The van der Waals surface area contributed by atoms with E-state index in [0.717, 1.165) is 0 Å². The molecule has 0 amide bonds. The van der Waals surface area contributed by atoms with E-state index in [4.69, 9.17) is 16.3 Å². The normalized spacial score (nSPS) is 10.8. The van der Waals surface area contributed by atoms with E-state index >= 15 is 0 Å². The second-order valence-electron chi connectivity index (χ2n) is 4.40. The van der Waals surface area contributed by atoms with Gasteiger partial charge in [0.2, 0.25) is 0 Å². The number of methoxy groups -OCH3 is 1. The SMILES string of the molecule is COC(=O)c1cccc2[nH]c(-c3ccc(F)cc3Cl)nc12. The van der Waals surface area contributed by atoms with Crippen LogP contribution >= 0.6 is 11.6 Å². The van der Waals surface area contributed by atoms with E-state index in [1.807, 2.05) is 0 Å². The van der Waals surface area contributed by atoms with Crippen LogP contribution in [0.1, 0.15) is 10.4 Å². The van der Waals surface area contributed by atoms with Gasteiger partial charge in [0.15, 0.2) is 0 Å². The molecule has 0 aliphatic rings. The number of para-hydroxylation sites is 1. The first-order valence-electron chi connectivity index (χ1n) is 6.12. The fraction of sp³-hybridized carbons (Fsp3) is 0.0667. The van der Waals surface area contributed by atoms with Crippen molar-refractivity contribution in [1.29, 1.82) is 0 Å². The molecule has 1 N–H and O–H groups in total. The number of benzene rings is 2. The third-order valence-electron chi connectivity index (χ3n) is 3.10. The van der Waals surface area contributed by atoms with Gasteiger partial charge in [0.25, 0.3) is 0 Å². The zero-order valence-corrected chi connectivity index (χ0v) is 11.7. The van der Waals surface area contributed by atoms with Crippen LogP contribution in [0.25, 0.3) is 22.4 Å². The molecule has 0 aliphatic carbocycles. The summed E-state index contributed by atoms with van der Waals surface area (Å²) in [5, 5.41) is 0.244. The number of fused-ring (bicyclic) bond motifs is 1. The van der Waals surface area contributed by atoms with Gasteiger partial charge in [-0.2, -0.15) is 0 Å². The number of rotatable bonds is 2. The third kappa shape index (κ3) is 2.36. The molecule has 6 heteroatoms. The molecule has 0 bridgehead atoms. The lowest BCUT2D eigenvalue weighted by atomic mass is 10.2. The van der Waals surface area contributed by atoms with Crippen LogP contribution in [-0.4, -0.2) is 23.0 Å². The van der Waals surface area contributed by atoms with E-state index < -0.39 is 11.8 Å². The highest BCUT2D eigenvalue weighted by Crippen LogP contribution is 2.29. The molecular weight excluding hydrogens is 295 g/mol. The van der Waals surface area contributed by atoms with Gasteiger partial charge >= 0.3 is 5.97 Å². The summed E-state index contributed by atoms with van der Waals surface area (Å²) in [6.07, 6.45) is 0. The molecule has 0 saturated carbocycles. The number of carbonyl (C=O) groups is 1. The minimum absolute atomic E-state index is 0.244. The van der Waals surface area contributed by atoms with E-state index in [1.54, 1.807) is 18.2 Å². The van der Waals surface area contributed by atoms with Crippen molar-refractivity contribution >= 4 is 28.6 Å². The molecule has 3 rings (SSSR count). The molecule has 0 unspecified atom stereocenters. The minimum Gasteiger partial charge on any atom is -0.465 e. The molecule has 0 radical (unpaired) electrons. The number of imidazole rings is 1. The lowest BCUT2D eigenvalue weighted by molar-refractivity contribution is 0.0603. The second kappa shape index (κ2) is 5.18. The molecule has 0 fully saturated rings. The summed E-state index contributed by atoms with van der Waals surface area (Å²) in [5.74, 6) is -0.426. The third-order valence-corrected chi connectivity index (χ3v) is 3.42. The highest BCUT2D eigenvalue weighted by atomic mass is 35.5. The predicted molar refractivity (Wildman–Crippen MR) is 77.8 cm³/mol. The molecule has 4 nitrogen and oxygen atoms in total. The number of nitrogens with one attached hydrogen (secondary N) is 1. The largest absolute Gasteiger partial charge is 0.465 e. The van der Waals surface area contributed by atoms with Crippen molar-refractivity contribution in [3.05, 3.63) is 52.8 Å². The summed E-state index contributed by atoms with van der Waals surface area (Å²) in [5.41, 5.74) is 2.08. The van der Waals surface area contributed by atoms with Gasteiger partial charge in [-0.05, 0) is 30.3 Å². The van der Waals surface area contributed by atoms with Gasteiger partial charge in [0.05, 0.1) is 23.2 Å². The van der Waals surface area contributed by atoms with Crippen LogP contribution in [0.5, 0.6) is 0 Å². The Balaban J connectivity index is 2.19. The second-order valence-corrected chi connectivity index (χ2v) is 4.81. The number of aromatic nitrogens is 2. The smallest absolute Gasteiger partial charge is 0.340 e. The Morgan fingerprint density at radius 1 is 1.33 bits per heavy atom. The van der Waals surface area contributed by atoms with Gasteiger partial charge in [-0.25, -0.2) is 14.2 Å². The quantitative estimate of drug-likeness (QED) is 0.732. The first-order valence-corrected chi connectivity index (χ1v) is 6.50. The first-order chi connectivity index (χ1) is 10.1. The number of esters is 1. The molecule has 0 atom stereocenters. The predicted octanol–water partition coefficient (Wildman–Crippen LogP) is 3.81. The summed E-state index contributed by atoms with van der Waals surface area (Å²) < 4.78 is 17.8. The number of hydrogen-bond acceptors (Lipinski definition) is 3. The summed E-state index contributed by atoms with van der Waals surface area (Å²) in [6, 6.07) is 9.19. The average molecular weight is 305 g/mol. The van der Waals surface area contributed by atoms with Gasteiger partial charge in [-0.1, -0.05) is 17.7 Å². The monoisotopic (exact) mass is 304 g/mol. The van der Waals surface area contributed by atoms with Gasteiger partial charge in [-0.3, -0.25) is 0 Å². The van der Waals surface area contributed by atoms with Crippen molar-refractivity contribution in [3.8, 4) is 11.4 Å². The Kier molecular flexibility index (Phi) is 3.35. The maximum absolute atomic E-state index is 13.1. The number of nitrogens with zero attached hydrogens (tertiary/aromatic N) is 1. The van der Waals surface area contributed by atoms with Crippen LogP contribution < -0.4 is 0 Å². The van der Waals surface area contributed by atoms with Gasteiger partial charge in [0.1, 0.15) is 17.2 Å². The Bertz CT molecular complexity index is 845. The van der Waals surface area contributed by atoms with Crippen LogP contribution in [0.2, 0.25) is 5.02 Å². The van der Waals surface area contributed by atoms with Gasteiger partial charge in [0, 0.05) is 5.56 Å². The van der Waals surface area contributed by atoms with Crippen molar-refractivity contribution in [3.63, 3.8) is 0 Å². The molecule has 1 heterocycles. The minimum atomic E-state index is -0.469. The van der Waals surface area contributed by atoms with E-state index in [9.17, 15) is 9.18 Å². The Morgan fingerprint density at radius 3 is 2.86 bits per heavy atom. The van der Waals surface area contributed by atoms with Crippen molar-refractivity contribution in [2.75, 3.05) is 7.11 Å². The van der Waals surface area contributed by atoms with E-state index in [1.165, 1.54) is 25.3 Å².